The number of nitrogens with zero attached hydrogens (tertiary/aromatic N) is 2. The van der Waals surface area contributed by atoms with Crippen molar-refractivity contribution in [1.29, 1.82) is 0 Å². The molecule has 2 aliphatic heterocycles. The predicted octanol–water partition coefficient (Wildman–Crippen LogP) is 4.14. The van der Waals surface area contributed by atoms with E-state index in [0.29, 0.717) is 17.0 Å². The van der Waals surface area contributed by atoms with Gasteiger partial charge in [-0.2, -0.15) is 13.2 Å². The van der Waals surface area contributed by atoms with E-state index in [2.05, 4.69) is 0 Å². The van der Waals surface area contributed by atoms with Crippen molar-refractivity contribution in [3.05, 3.63) is 95.1 Å². The highest BCUT2D eigenvalue weighted by atomic mass is 32.2. The van der Waals surface area contributed by atoms with E-state index in [9.17, 15) is 40.0 Å². The largest absolute Gasteiger partial charge is 0.416 e. The van der Waals surface area contributed by atoms with Gasteiger partial charge in [-0.15, -0.1) is 0 Å². The first-order valence-corrected chi connectivity index (χ1v) is 12.1. The number of carbonyl (C=O) groups excluding carboxylic acids is 2. The summed E-state index contributed by atoms with van der Waals surface area (Å²) in [4.78, 5) is 25.9. The van der Waals surface area contributed by atoms with E-state index in [4.69, 9.17) is 0 Å². The molecule has 1 unspecified atom stereocenters. The lowest BCUT2D eigenvalue weighted by Gasteiger charge is -2.32. The Balaban J connectivity index is 1.69. The molecule has 1 spiro atoms. The second-order valence-corrected chi connectivity index (χ2v) is 10.4. The van der Waals surface area contributed by atoms with Crippen LogP contribution in [0.4, 0.5) is 33.3 Å². The summed E-state index contributed by atoms with van der Waals surface area (Å²) in [5.41, 5.74) is -1.31. The van der Waals surface area contributed by atoms with Gasteiger partial charge in [0.15, 0.2) is 21.5 Å². The van der Waals surface area contributed by atoms with Gasteiger partial charge in [0.1, 0.15) is 5.75 Å². The van der Waals surface area contributed by atoms with E-state index in [1.165, 1.54) is 30.3 Å². The monoisotopic (exact) mass is 522 g/mol. The van der Waals surface area contributed by atoms with Gasteiger partial charge in [0.25, 0.3) is 10.8 Å². The number of anilines is 2. The molecule has 12 heteroatoms. The van der Waals surface area contributed by atoms with Crippen LogP contribution in [0.2, 0.25) is 0 Å². The van der Waals surface area contributed by atoms with Crippen LogP contribution in [0.5, 0.6) is 0 Å². The molecule has 5 rings (SSSR count). The molecule has 1 atom stereocenters. The van der Waals surface area contributed by atoms with E-state index in [1.54, 1.807) is 0 Å². The summed E-state index contributed by atoms with van der Waals surface area (Å²) >= 11 is 0. The van der Waals surface area contributed by atoms with Crippen molar-refractivity contribution < 1.29 is 40.0 Å². The standard InChI is InChI=1S/C24H15F5N2O4S/c25-18-9-8-16(11-19(18)26)31-21(32)13-36(34,35)23(31)17-6-1-2-7-20(17)30(22(23)33)12-14-4-3-5-15(10-14)24(27,28)29/h1-11H,12-13H2. The summed E-state index contributed by atoms with van der Waals surface area (Å²) in [6, 6.07) is 12.1. The molecule has 0 N–H and O–H groups in total. The molecule has 2 aliphatic rings. The molecule has 3 aromatic carbocycles. The number of halogens is 5. The highest BCUT2D eigenvalue weighted by Gasteiger charge is 2.69. The van der Waals surface area contributed by atoms with E-state index in [1.807, 2.05) is 0 Å². The number of hydrogen-bond donors (Lipinski definition) is 0. The number of carbonyl (C=O) groups is 2. The maximum Gasteiger partial charge on any atom is 0.416 e. The molecular weight excluding hydrogens is 507 g/mol. The highest BCUT2D eigenvalue weighted by molar-refractivity contribution is 7.94. The first-order valence-electron chi connectivity index (χ1n) is 10.5. The minimum atomic E-state index is -4.64. The van der Waals surface area contributed by atoms with Gasteiger partial charge < -0.3 is 4.90 Å². The van der Waals surface area contributed by atoms with Crippen LogP contribution in [-0.4, -0.2) is 26.0 Å². The van der Waals surface area contributed by atoms with Gasteiger partial charge in [0.2, 0.25) is 5.91 Å². The first-order chi connectivity index (χ1) is 16.9. The molecule has 0 bridgehead atoms. The molecule has 6 nitrogen and oxygen atoms in total. The fourth-order valence-electron chi connectivity index (χ4n) is 4.70. The number of rotatable bonds is 3. The molecule has 0 radical (unpaired) electrons. The van der Waals surface area contributed by atoms with Crippen molar-refractivity contribution in [2.75, 3.05) is 15.6 Å². The quantitative estimate of drug-likeness (QED) is 0.485. The van der Waals surface area contributed by atoms with Crippen LogP contribution in [0.1, 0.15) is 16.7 Å². The average Bonchev–Trinajstić information content (AvgIpc) is 3.18. The fraction of sp³-hybridized carbons (Fsp3) is 0.167. The lowest BCUT2D eigenvalue weighted by molar-refractivity contribution is -0.137. The zero-order valence-electron chi connectivity index (χ0n) is 18.1. The number of fused-ring (bicyclic) bond motifs is 2. The number of sulfone groups is 1. The van der Waals surface area contributed by atoms with Crippen molar-refractivity contribution >= 4 is 33.0 Å². The minimum Gasteiger partial charge on any atom is -0.304 e. The van der Waals surface area contributed by atoms with Gasteiger partial charge in [-0.1, -0.05) is 30.3 Å². The average molecular weight is 522 g/mol. The number of benzene rings is 3. The van der Waals surface area contributed by atoms with Crippen molar-refractivity contribution in [3.63, 3.8) is 0 Å². The molecule has 186 valence electrons. The molecule has 1 saturated heterocycles. The zero-order valence-corrected chi connectivity index (χ0v) is 18.9. The topological polar surface area (TPSA) is 74.8 Å². The normalized spacial score (nSPS) is 20.9. The molecule has 0 saturated carbocycles. The molecule has 0 aromatic heterocycles. The lowest BCUT2D eigenvalue weighted by Crippen LogP contribution is -2.54. The van der Waals surface area contributed by atoms with Crippen LogP contribution < -0.4 is 9.80 Å². The molecule has 1 fully saturated rings. The minimum absolute atomic E-state index is 0.0609. The summed E-state index contributed by atoms with van der Waals surface area (Å²) in [6.07, 6.45) is -4.64. The second-order valence-electron chi connectivity index (χ2n) is 8.34. The van der Waals surface area contributed by atoms with Crippen molar-refractivity contribution in [2.24, 2.45) is 0 Å². The van der Waals surface area contributed by atoms with Crippen molar-refractivity contribution in [3.8, 4) is 0 Å². The first kappa shape index (κ1) is 23.9. The SMILES string of the molecule is O=C1CS(=O)(=O)C2(C(=O)N(Cc3cccc(C(F)(F)F)c3)c3ccccc32)N1c1ccc(F)c(F)c1. The summed E-state index contributed by atoms with van der Waals surface area (Å²) in [6.45, 7) is -0.434. The van der Waals surface area contributed by atoms with E-state index in [0.717, 1.165) is 29.2 Å². The highest BCUT2D eigenvalue weighted by Crippen LogP contribution is 2.53. The Kier molecular flexibility index (Phi) is 5.22. The molecular formula is C24H15F5N2O4S. The van der Waals surface area contributed by atoms with Crippen LogP contribution in [0.25, 0.3) is 0 Å². The summed E-state index contributed by atoms with van der Waals surface area (Å²) in [5.74, 6) is -5.84. The maximum absolute atomic E-state index is 14.1. The summed E-state index contributed by atoms with van der Waals surface area (Å²) in [5, 5.41) is 0. The Bertz CT molecular complexity index is 1540. The van der Waals surface area contributed by atoms with Crippen molar-refractivity contribution in [1.82, 2.24) is 0 Å². The van der Waals surface area contributed by atoms with Gasteiger partial charge in [0.05, 0.1) is 17.8 Å². The van der Waals surface area contributed by atoms with Gasteiger partial charge in [-0.05, 0) is 35.9 Å². The van der Waals surface area contributed by atoms with Crippen LogP contribution in [0.3, 0.4) is 0 Å². The number of alkyl halides is 3. The zero-order chi connectivity index (χ0) is 26.0. The molecule has 0 aliphatic carbocycles. The van der Waals surface area contributed by atoms with Gasteiger partial charge >= 0.3 is 6.18 Å². The predicted molar refractivity (Wildman–Crippen MR) is 118 cm³/mol. The number of hydrogen-bond acceptors (Lipinski definition) is 4. The Labute approximate surface area is 201 Å². The Morgan fingerprint density at radius 3 is 2.31 bits per heavy atom. The lowest BCUT2D eigenvalue weighted by atomic mass is 10.0. The molecule has 2 heterocycles. The molecule has 2 amide bonds. The van der Waals surface area contributed by atoms with Crippen LogP contribution in [0, 0.1) is 11.6 Å². The summed E-state index contributed by atoms with van der Waals surface area (Å²) in [7, 11) is -4.59. The van der Waals surface area contributed by atoms with E-state index >= 15 is 0 Å². The molecule has 3 aromatic rings. The van der Waals surface area contributed by atoms with E-state index in [-0.39, 0.29) is 22.5 Å². The fourth-order valence-corrected chi connectivity index (χ4v) is 6.73. The van der Waals surface area contributed by atoms with Crippen LogP contribution in [0.15, 0.2) is 66.7 Å². The number of amides is 2. The third-order valence-electron chi connectivity index (χ3n) is 6.18. The van der Waals surface area contributed by atoms with Gasteiger partial charge in [-0.25, -0.2) is 17.2 Å². The van der Waals surface area contributed by atoms with E-state index < -0.39 is 62.2 Å². The van der Waals surface area contributed by atoms with Crippen LogP contribution in [-0.2, 0) is 37.0 Å². The van der Waals surface area contributed by atoms with Crippen LogP contribution >= 0.6 is 0 Å². The third-order valence-corrected chi connectivity index (χ3v) is 8.28. The third kappa shape index (κ3) is 3.31. The molecule has 36 heavy (non-hydrogen) atoms. The van der Waals surface area contributed by atoms with Gasteiger partial charge in [-0.3, -0.25) is 14.5 Å². The summed E-state index contributed by atoms with van der Waals surface area (Å²) < 4.78 is 94.2. The maximum atomic E-state index is 14.1. The van der Waals surface area contributed by atoms with Crippen molar-refractivity contribution in [2.45, 2.75) is 17.6 Å². The second kappa shape index (κ2) is 7.85. The number of para-hydroxylation sites is 1. The van der Waals surface area contributed by atoms with Gasteiger partial charge in [0, 0.05) is 17.3 Å². The Morgan fingerprint density at radius 2 is 1.61 bits per heavy atom. The Morgan fingerprint density at radius 1 is 0.889 bits per heavy atom. The smallest absolute Gasteiger partial charge is 0.304 e. The Hall–Kier alpha value is -3.80.